The van der Waals surface area contributed by atoms with Crippen molar-refractivity contribution in [2.75, 3.05) is 13.7 Å². The Hall–Kier alpha value is -1.11. The number of hydrogen-bond donors (Lipinski definition) is 1. The van der Waals surface area contributed by atoms with E-state index in [2.05, 4.69) is 0 Å². The second-order valence-corrected chi connectivity index (χ2v) is 8.94. The van der Waals surface area contributed by atoms with E-state index in [1.165, 1.54) is 19.2 Å². The van der Waals surface area contributed by atoms with Crippen molar-refractivity contribution in [3.8, 4) is 0 Å². The quantitative estimate of drug-likeness (QED) is 0.856. The molecule has 0 aliphatic heterocycles. The summed E-state index contributed by atoms with van der Waals surface area (Å²) < 4.78 is 31.3. The third kappa shape index (κ3) is 2.95. The average Bonchev–Trinajstić information content (AvgIpc) is 3.14. The number of benzene rings is 2. The van der Waals surface area contributed by atoms with Crippen molar-refractivity contribution in [2.24, 2.45) is 5.73 Å². The van der Waals surface area contributed by atoms with Gasteiger partial charge in [0.25, 0.3) is 0 Å². The number of nitrogens with two attached hydrogens (primary N) is 1. The van der Waals surface area contributed by atoms with Crippen molar-refractivity contribution in [1.82, 2.24) is 0 Å². The van der Waals surface area contributed by atoms with Crippen molar-refractivity contribution < 1.29 is 13.2 Å². The molecule has 7 heteroatoms. The summed E-state index contributed by atoms with van der Waals surface area (Å²) >= 11 is 11.9. The maximum atomic E-state index is 13.1. The smallest absolute Gasteiger partial charge is 0.183 e. The van der Waals surface area contributed by atoms with Crippen LogP contribution in [-0.4, -0.2) is 32.9 Å². The second kappa shape index (κ2) is 6.32. The zero-order valence-corrected chi connectivity index (χ0v) is 15.3. The molecule has 3 rings (SSSR count). The second-order valence-electron chi connectivity index (χ2n) is 6.00. The van der Waals surface area contributed by atoms with Crippen LogP contribution in [0.3, 0.4) is 0 Å². The molecule has 0 radical (unpaired) electrons. The summed E-state index contributed by atoms with van der Waals surface area (Å²) in [6.45, 7) is 0.141. The first kappa shape index (κ1) is 17.7. The molecule has 24 heavy (non-hydrogen) atoms. The van der Waals surface area contributed by atoms with Crippen LogP contribution in [0.2, 0.25) is 10.0 Å². The van der Waals surface area contributed by atoms with Gasteiger partial charge in [0, 0.05) is 23.1 Å². The van der Waals surface area contributed by atoms with E-state index in [1.54, 1.807) is 30.3 Å². The summed E-state index contributed by atoms with van der Waals surface area (Å²) in [5, 5.41) is 0.249. The predicted molar refractivity (Wildman–Crippen MR) is 95.4 cm³/mol. The van der Waals surface area contributed by atoms with Gasteiger partial charge in [-0.1, -0.05) is 35.3 Å². The highest BCUT2D eigenvalue weighted by Crippen LogP contribution is 2.56. The molecule has 128 valence electrons. The molecule has 2 N–H and O–H groups in total. The molecule has 3 atom stereocenters. The largest absolute Gasteiger partial charge is 0.383 e. The van der Waals surface area contributed by atoms with E-state index in [4.69, 9.17) is 33.7 Å². The third-order valence-electron chi connectivity index (χ3n) is 4.38. The van der Waals surface area contributed by atoms with Crippen molar-refractivity contribution in [1.29, 1.82) is 0 Å². The van der Waals surface area contributed by atoms with Gasteiger partial charge in [-0.3, -0.25) is 0 Å². The van der Waals surface area contributed by atoms with Crippen LogP contribution in [0.15, 0.2) is 53.4 Å². The lowest BCUT2D eigenvalue weighted by atomic mass is 10.1. The molecule has 0 amide bonds. The Morgan fingerprint density at radius 1 is 1.12 bits per heavy atom. The van der Waals surface area contributed by atoms with Crippen LogP contribution in [0.1, 0.15) is 11.5 Å². The van der Waals surface area contributed by atoms with E-state index in [0.717, 1.165) is 5.56 Å². The number of halogens is 2. The molecule has 1 fully saturated rings. The molecular formula is C17H17Cl2NO3S. The van der Waals surface area contributed by atoms with Gasteiger partial charge in [-0.05, 0) is 42.0 Å². The predicted octanol–water partition coefficient (Wildman–Crippen LogP) is 3.28. The van der Waals surface area contributed by atoms with Crippen LogP contribution >= 0.6 is 23.2 Å². The summed E-state index contributed by atoms with van der Waals surface area (Å²) in [4.78, 5) is 0.201. The first-order valence-corrected chi connectivity index (χ1v) is 9.63. The number of methoxy groups -OCH3 is 1. The van der Waals surface area contributed by atoms with E-state index in [0.29, 0.717) is 10.0 Å². The molecule has 0 bridgehead atoms. The number of sulfone groups is 1. The molecule has 2 aromatic carbocycles. The summed E-state index contributed by atoms with van der Waals surface area (Å²) in [5.74, 6) is -0.378. The third-order valence-corrected chi connectivity index (χ3v) is 7.18. The van der Waals surface area contributed by atoms with E-state index in [9.17, 15) is 8.42 Å². The van der Waals surface area contributed by atoms with Gasteiger partial charge in [-0.15, -0.1) is 0 Å². The van der Waals surface area contributed by atoms with Gasteiger partial charge in [0.2, 0.25) is 0 Å². The van der Waals surface area contributed by atoms with Gasteiger partial charge in [0.1, 0.15) is 0 Å². The minimum atomic E-state index is -3.63. The molecule has 0 spiro atoms. The minimum Gasteiger partial charge on any atom is -0.383 e. The summed E-state index contributed by atoms with van der Waals surface area (Å²) in [6.07, 6.45) is 0. The summed E-state index contributed by atoms with van der Waals surface area (Å²) in [7, 11) is -2.12. The Bertz CT molecular complexity index is 854. The fraction of sp³-hybridized carbons (Fsp3) is 0.294. The van der Waals surface area contributed by atoms with Gasteiger partial charge in [0.05, 0.1) is 22.3 Å². The Morgan fingerprint density at radius 2 is 1.79 bits per heavy atom. The molecule has 0 aromatic heterocycles. The molecular weight excluding hydrogens is 369 g/mol. The maximum absolute atomic E-state index is 13.1. The zero-order chi connectivity index (χ0) is 17.5. The number of hydrogen-bond acceptors (Lipinski definition) is 4. The maximum Gasteiger partial charge on any atom is 0.183 e. The molecule has 0 heterocycles. The molecule has 1 saturated carbocycles. The van der Waals surface area contributed by atoms with Crippen LogP contribution < -0.4 is 5.73 Å². The van der Waals surface area contributed by atoms with E-state index >= 15 is 0 Å². The van der Waals surface area contributed by atoms with Crippen LogP contribution in [0, 0.1) is 0 Å². The lowest BCUT2D eigenvalue weighted by molar-refractivity contribution is 0.171. The van der Waals surface area contributed by atoms with Crippen molar-refractivity contribution in [3.63, 3.8) is 0 Å². The molecule has 4 nitrogen and oxygen atoms in total. The fourth-order valence-electron chi connectivity index (χ4n) is 3.27. The van der Waals surface area contributed by atoms with Crippen molar-refractivity contribution >= 4 is 33.0 Å². The van der Waals surface area contributed by atoms with E-state index in [1.807, 2.05) is 6.07 Å². The molecule has 2 aromatic rings. The van der Waals surface area contributed by atoms with Gasteiger partial charge < -0.3 is 10.5 Å². The van der Waals surface area contributed by atoms with Gasteiger partial charge in [-0.2, -0.15) is 0 Å². The average molecular weight is 386 g/mol. The first-order valence-electron chi connectivity index (χ1n) is 7.33. The Balaban J connectivity index is 2.03. The van der Waals surface area contributed by atoms with E-state index in [-0.39, 0.29) is 17.4 Å². The van der Waals surface area contributed by atoms with Crippen molar-refractivity contribution in [3.05, 3.63) is 64.1 Å². The SMILES string of the molecule is COC[C@]1(N)[C@H](c2cccc(Cl)c2)[C@H]1S(=O)(=O)c1ccc(Cl)cc1. The number of rotatable bonds is 5. The van der Waals surface area contributed by atoms with Gasteiger partial charge >= 0.3 is 0 Å². The monoisotopic (exact) mass is 385 g/mol. The summed E-state index contributed by atoms with van der Waals surface area (Å²) in [5.41, 5.74) is 6.22. The minimum absolute atomic E-state index is 0.141. The highest BCUT2D eigenvalue weighted by atomic mass is 35.5. The van der Waals surface area contributed by atoms with Crippen LogP contribution in [0.5, 0.6) is 0 Å². The van der Waals surface area contributed by atoms with Crippen LogP contribution in [0.4, 0.5) is 0 Å². The summed E-state index contributed by atoms with van der Waals surface area (Å²) in [6, 6.07) is 13.2. The topological polar surface area (TPSA) is 69.4 Å². The van der Waals surface area contributed by atoms with Crippen LogP contribution in [0.25, 0.3) is 0 Å². The van der Waals surface area contributed by atoms with E-state index < -0.39 is 20.6 Å². The van der Waals surface area contributed by atoms with Crippen LogP contribution in [-0.2, 0) is 14.6 Å². The zero-order valence-electron chi connectivity index (χ0n) is 12.9. The number of ether oxygens (including phenoxy) is 1. The highest BCUT2D eigenvalue weighted by Gasteiger charge is 2.69. The highest BCUT2D eigenvalue weighted by molar-refractivity contribution is 7.92. The first-order chi connectivity index (χ1) is 11.3. The molecule has 1 aliphatic carbocycles. The standard InChI is InChI=1S/C17H17Cl2NO3S/c1-23-10-17(20)15(11-3-2-4-13(19)9-11)16(17)24(21,22)14-7-5-12(18)6-8-14/h2-9,15-16H,10,20H2,1H3/t15-,16-,17+/m1/s1. The van der Waals surface area contributed by atoms with Gasteiger partial charge in [-0.25, -0.2) is 8.42 Å². The Labute approximate surface area is 151 Å². The van der Waals surface area contributed by atoms with Crippen molar-refractivity contribution in [2.45, 2.75) is 21.6 Å². The normalized spacial score (nSPS) is 26.3. The Kier molecular flexibility index (Phi) is 4.66. The lowest BCUT2D eigenvalue weighted by Crippen LogP contribution is -2.35. The van der Waals surface area contributed by atoms with Gasteiger partial charge in [0.15, 0.2) is 9.84 Å². The fourth-order valence-corrected chi connectivity index (χ4v) is 5.88. The molecule has 1 aliphatic rings. The molecule has 0 saturated heterocycles. The Morgan fingerprint density at radius 3 is 2.38 bits per heavy atom. The lowest BCUT2D eigenvalue weighted by Gasteiger charge is -2.11. The molecule has 0 unspecified atom stereocenters.